The Kier molecular flexibility index (Phi) is 3.49. The van der Waals surface area contributed by atoms with Gasteiger partial charge in [-0.3, -0.25) is 0 Å². The van der Waals surface area contributed by atoms with Gasteiger partial charge >= 0.3 is 0 Å². The molecule has 0 fully saturated rings. The van der Waals surface area contributed by atoms with Crippen molar-refractivity contribution in [3.63, 3.8) is 0 Å². The molecule has 0 bridgehead atoms. The van der Waals surface area contributed by atoms with E-state index >= 15 is 0 Å². The first-order valence-electron chi connectivity index (χ1n) is 5.25. The Morgan fingerprint density at radius 1 is 1.35 bits per heavy atom. The maximum Gasteiger partial charge on any atom is 0.163 e. The summed E-state index contributed by atoms with van der Waals surface area (Å²) in [6, 6.07) is 5.54. The van der Waals surface area contributed by atoms with Crippen molar-refractivity contribution in [1.82, 2.24) is 10.5 Å². The molecule has 0 aliphatic carbocycles. The van der Waals surface area contributed by atoms with E-state index in [1.54, 1.807) is 19.1 Å². The fraction of sp³-hybridized carbons (Fsp3) is 0.250. The van der Waals surface area contributed by atoms with Gasteiger partial charge in [0.2, 0.25) is 0 Å². The lowest BCUT2D eigenvalue weighted by Crippen LogP contribution is -2.19. The van der Waals surface area contributed by atoms with Gasteiger partial charge in [-0.2, -0.15) is 0 Å². The molecule has 1 aromatic carbocycles. The third-order valence-corrected chi connectivity index (χ3v) is 2.52. The molecule has 1 N–H and O–H groups in total. The van der Waals surface area contributed by atoms with Crippen molar-refractivity contribution in [3.8, 4) is 0 Å². The second-order valence-corrected chi connectivity index (χ2v) is 3.72. The first-order chi connectivity index (χ1) is 8.18. The number of nitrogens with zero attached hydrogens (tertiary/aromatic N) is 1. The molecular weight excluding hydrogens is 226 g/mol. The molecule has 0 saturated carbocycles. The van der Waals surface area contributed by atoms with E-state index in [1.807, 2.05) is 0 Å². The lowest BCUT2D eigenvalue weighted by atomic mass is 10.1. The Balaban J connectivity index is 2.04. The maximum absolute atomic E-state index is 13.5. The summed E-state index contributed by atoms with van der Waals surface area (Å²) in [4.78, 5) is 0. The summed E-state index contributed by atoms with van der Waals surface area (Å²) in [6.07, 6.45) is 1.53. The molecular formula is C12H12F2N2O. The average Bonchev–Trinajstić information content (AvgIpc) is 2.82. The Morgan fingerprint density at radius 3 is 2.88 bits per heavy atom. The molecule has 90 valence electrons. The van der Waals surface area contributed by atoms with Crippen LogP contribution in [0.15, 0.2) is 35.0 Å². The van der Waals surface area contributed by atoms with Gasteiger partial charge in [0.1, 0.15) is 5.76 Å². The van der Waals surface area contributed by atoms with Crippen LogP contribution in [-0.2, 0) is 6.54 Å². The quantitative estimate of drug-likeness (QED) is 0.890. The van der Waals surface area contributed by atoms with Crippen LogP contribution >= 0.6 is 0 Å². The van der Waals surface area contributed by atoms with Crippen LogP contribution in [0.25, 0.3) is 0 Å². The molecule has 2 rings (SSSR count). The number of hydrogen-bond acceptors (Lipinski definition) is 3. The van der Waals surface area contributed by atoms with Gasteiger partial charge in [-0.1, -0.05) is 17.3 Å². The van der Waals surface area contributed by atoms with Gasteiger partial charge in [-0.25, -0.2) is 8.78 Å². The van der Waals surface area contributed by atoms with Gasteiger partial charge in [0, 0.05) is 17.7 Å². The van der Waals surface area contributed by atoms with Crippen LogP contribution in [-0.4, -0.2) is 5.16 Å². The largest absolute Gasteiger partial charge is 0.360 e. The first-order valence-corrected chi connectivity index (χ1v) is 5.25. The monoisotopic (exact) mass is 238 g/mol. The Morgan fingerprint density at radius 2 is 2.18 bits per heavy atom. The summed E-state index contributed by atoms with van der Waals surface area (Å²) >= 11 is 0. The Hall–Kier alpha value is -1.75. The number of benzene rings is 1. The zero-order valence-corrected chi connectivity index (χ0v) is 9.28. The molecule has 1 aromatic heterocycles. The standard InChI is InChI=1S/C12H12F2N2O/c1-8(15-7-9-5-6-16-17-9)10-3-2-4-11(13)12(10)14/h2-6,8,15H,7H2,1H3. The highest BCUT2D eigenvalue weighted by Gasteiger charge is 2.13. The highest BCUT2D eigenvalue weighted by atomic mass is 19.2. The predicted octanol–water partition coefficient (Wildman–Crippen LogP) is 2.80. The minimum Gasteiger partial charge on any atom is -0.360 e. The van der Waals surface area contributed by atoms with E-state index in [0.717, 1.165) is 6.07 Å². The molecule has 2 aromatic rings. The van der Waals surface area contributed by atoms with E-state index in [1.165, 1.54) is 12.3 Å². The van der Waals surface area contributed by atoms with E-state index < -0.39 is 11.6 Å². The molecule has 1 unspecified atom stereocenters. The van der Waals surface area contributed by atoms with Gasteiger partial charge in [-0.15, -0.1) is 0 Å². The number of rotatable bonds is 4. The second kappa shape index (κ2) is 5.05. The number of nitrogens with one attached hydrogen (secondary N) is 1. The second-order valence-electron chi connectivity index (χ2n) is 3.72. The highest BCUT2D eigenvalue weighted by Crippen LogP contribution is 2.19. The molecule has 0 saturated heterocycles. The molecule has 1 atom stereocenters. The van der Waals surface area contributed by atoms with Gasteiger partial charge in [0.25, 0.3) is 0 Å². The van der Waals surface area contributed by atoms with E-state index in [2.05, 4.69) is 10.5 Å². The zero-order valence-electron chi connectivity index (χ0n) is 9.28. The van der Waals surface area contributed by atoms with Gasteiger partial charge in [0.05, 0.1) is 12.7 Å². The van der Waals surface area contributed by atoms with Gasteiger partial charge in [0.15, 0.2) is 11.6 Å². The minimum atomic E-state index is -0.837. The molecule has 3 nitrogen and oxygen atoms in total. The summed E-state index contributed by atoms with van der Waals surface area (Å²) in [5.41, 5.74) is 0.296. The predicted molar refractivity (Wildman–Crippen MR) is 58.1 cm³/mol. The lowest BCUT2D eigenvalue weighted by molar-refractivity contribution is 0.364. The van der Waals surface area contributed by atoms with Crippen molar-refractivity contribution < 1.29 is 13.3 Å². The van der Waals surface area contributed by atoms with Crippen molar-refractivity contribution in [3.05, 3.63) is 53.4 Å². The Labute approximate surface area is 97.4 Å². The SMILES string of the molecule is CC(NCc1ccno1)c1cccc(F)c1F. The van der Waals surface area contributed by atoms with Crippen LogP contribution in [0.1, 0.15) is 24.3 Å². The van der Waals surface area contributed by atoms with E-state index in [0.29, 0.717) is 17.9 Å². The summed E-state index contributed by atoms with van der Waals surface area (Å²) in [5.74, 6) is -1.01. The Bertz CT molecular complexity index is 485. The van der Waals surface area contributed by atoms with Crippen LogP contribution in [0.4, 0.5) is 8.78 Å². The van der Waals surface area contributed by atoms with Gasteiger partial charge in [-0.05, 0) is 13.0 Å². The maximum atomic E-state index is 13.5. The molecule has 5 heteroatoms. The van der Waals surface area contributed by atoms with E-state index in [4.69, 9.17) is 4.52 Å². The van der Waals surface area contributed by atoms with Crippen LogP contribution in [0.3, 0.4) is 0 Å². The number of aromatic nitrogens is 1. The number of halogens is 2. The van der Waals surface area contributed by atoms with Crippen molar-refractivity contribution in [2.45, 2.75) is 19.5 Å². The van der Waals surface area contributed by atoms with Crippen LogP contribution < -0.4 is 5.32 Å². The van der Waals surface area contributed by atoms with Gasteiger partial charge < -0.3 is 9.84 Å². The fourth-order valence-electron chi connectivity index (χ4n) is 1.55. The molecule has 0 radical (unpaired) electrons. The van der Waals surface area contributed by atoms with Crippen molar-refractivity contribution >= 4 is 0 Å². The molecule has 0 spiro atoms. The topological polar surface area (TPSA) is 38.1 Å². The highest BCUT2D eigenvalue weighted by molar-refractivity contribution is 5.22. The van der Waals surface area contributed by atoms with E-state index in [9.17, 15) is 8.78 Å². The third-order valence-electron chi connectivity index (χ3n) is 2.52. The normalized spacial score (nSPS) is 12.6. The van der Waals surface area contributed by atoms with Crippen LogP contribution in [0.2, 0.25) is 0 Å². The minimum absolute atomic E-state index is 0.296. The van der Waals surface area contributed by atoms with Crippen LogP contribution in [0.5, 0.6) is 0 Å². The average molecular weight is 238 g/mol. The molecule has 0 aliphatic heterocycles. The molecule has 0 aliphatic rings. The van der Waals surface area contributed by atoms with E-state index in [-0.39, 0.29) is 6.04 Å². The zero-order chi connectivity index (χ0) is 12.3. The molecule has 17 heavy (non-hydrogen) atoms. The molecule has 0 amide bonds. The smallest absolute Gasteiger partial charge is 0.163 e. The fourth-order valence-corrected chi connectivity index (χ4v) is 1.55. The summed E-state index contributed by atoms with van der Waals surface area (Å²) in [5, 5.41) is 6.58. The summed E-state index contributed by atoms with van der Waals surface area (Å²) < 4.78 is 31.4. The first kappa shape index (κ1) is 11.7. The van der Waals surface area contributed by atoms with Crippen molar-refractivity contribution in [2.24, 2.45) is 0 Å². The third kappa shape index (κ3) is 2.68. The molecule has 1 heterocycles. The lowest BCUT2D eigenvalue weighted by Gasteiger charge is -2.14. The van der Waals surface area contributed by atoms with Crippen LogP contribution in [0, 0.1) is 11.6 Å². The van der Waals surface area contributed by atoms with Crippen molar-refractivity contribution in [2.75, 3.05) is 0 Å². The summed E-state index contributed by atoms with van der Waals surface area (Å²) in [7, 11) is 0. The van der Waals surface area contributed by atoms with Crippen molar-refractivity contribution in [1.29, 1.82) is 0 Å². The summed E-state index contributed by atoms with van der Waals surface area (Å²) in [6.45, 7) is 2.17. The number of hydrogen-bond donors (Lipinski definition) is 1.